The zero-order valence-corrected chi connectivity index (χ0v) is 45.3. The molecule has 7 nitrogen and oxygen atoms in total. The SMILES string of the molecule is Cc1cc(C)c(B(c2c(C)cc(C)cc2C)c2c(C)cc(C)c(N(c3nc(-c4ccccc4)nc(-c4ccccc4)n3)c3nc(-c4ccccc4)nc(-c4cc(-c5ccccc5)cc(-c5ccccc5)c4)n3)c2C)c(C)c1. The highest BCUT2D eigenvalue weighted by Crippen LogP contribution is 2.40. The van der Waals surface area contributed by atoms with Crippen LogP contribution in [0.4, 0.5) is 17.6 Å². The van der Waals surface area contributed by atoms with Crippen LogP contribution < -0.4 is 21.3 Å². The Morgan fingerprint density at radius 2 is 0.571 bits per heavy atom. The highest BCUT2D eigenvalue weighted by atomic mass is 15.4. The summed E-state index contributed by atoms with van der Waals surface area (Å²) in [5.74, 6) is 2.81. The molecule has 0 saturated heterocycles. The lowest BCUT2D eigenvalue weighted by Crippen LogP contribution is -2.57. The Kier molecular flexibility index (Phi) is 13.8. The molecule has 0 fully saturated rings. The molecule has 9 aromatic carbocycles. The van der Waals surface area contributed by atoms with Crippen molar-refractivity contribution in [1.29, 1.82) is 0 Å². The van der Waals surface area contributed by atoms with Gasteiger partial charge >= 0.3 is 0 Å². The normalized spacial score (nSPS) is 11.2. The average molecular weight is 998 g/mol. The second kappa shape index (κ2) is 21.2. The van der Waals surface area contributed by atoms with E-state index in [4.69, 9.17) is 29.9 Å². The number of anilines is 3. The minimum absolute atomic E-state index is 0.124. The number of benzene rings is 9. The van der Waals surface area contributed by atoms with E-state index in [2.05, 4.69) is 176 Å². The lowest BCUT2D eigenvalue weighted by Gasteiger charge is -2.31. The van der Waals surface area contributed by atoms with Crippen LogP contribution in [0.25, 0.3) is 67.8 Å². The van der Waals surface area contributed by atoms with Crippen LogP contribution in [-0.2, 0) is 0 Å². The van der Waals surface area contributed by atoms with E-state index in [1.165, 1.54) is 55.3 Å². The first-order chi connectivity index (χ1) is 37.4. The third kappa shape index (κ3) is 10.1. The number of rotatable bonds is 12. The molecule has 0 atom stereocenters. The van der Waals surface area contributed by atoms with Crippen LogP contribution in [0.2, 0.25) is 0 Å². The molecule has 0 aliphatic rings. The van der Waals surface area contributed by atoms with Crippen molar-refractivity contribution in [3.8, 4) is 67.8 Å². The predicted octanol–water partition coefficient (Wildman–Crippen LogP) is 14.8. The molecule has 2 heterocycles. The fourth-order valence-corrected chi connectivity index (χ4v) is 11.6. The second-order valence-electron chi connectivity index (χ2n) is 20.5. The monoisotopic (exact) mass is 998 g/mol. The minimum Gasteiger partial charge on any atom is -0.246 e. The van der Waals surface area contributed by atoms with Crippen LogP contribution in [0.15, 0.2) is 200 Å². The van der Waals surface area contributed by atoms with Crippen molar-refractivity contribution in [1.82, 2.24) is 29.9 Å². The van der Waals surface area contributed by atoms with Gasteiger partial charge in [0.1, 0.15) is 0 Å². The summed E-state index contributed by atoms with van der Waals surface area (Å²) in [4.78, 5) is 34.7. The first-order valence-electron chi connectivity index (χ1n) is 26.4. The smallest absolute Gasteiger partial charge is 0.243 e. The molecule has 11 rings (SSSR count). The standard InChI is InChI=1S/C69H60BN7/c1-43-35-45(3)60(46(4)36-43)70(61-47(5)37-44(2)38-48(61)6)62-49(7)39-50(8)63(51(62)9)77(68-73-64(54-29-19-12-20-30-54)71-65(74-68)55-31-21-13-22-32-55)69-75-66(56-33-23-14-24-34-56)72-67(76-69)59-41-57(52-25-15-10-16-26-52)40-58(42-59)53-27-17-11-18-28-53/h10-42H,1-9H3. The number of hydrogen-bond acceptors (Lipinski definition) is 7. The van der Waals surface area contributed by atoms with Crippen LogP contribution in [0.3, 0.4) is 0 Å². The molecule has 8 heteroatoms. The molecule has 0 N–H and O–H groups in total. The van der Waals surface area contributed by atoms with E-state index in [9.17, 15) is 0 Å². The van der Waals surface area contributed by atoms with Crippen molar-refractivity contribution in [2.45, 2.75) is 62.3 Å². The van der Waals surface area contributed by atoms with E-state index in [1.807, 2.05) is 91.0 Å². The predicted molar refractivity (Wildman–Crippen MR) is 321 cm³/mol. The van der Waals surface area contributed by atoms with Crippen LogP contribution in [0.1, 0.15) is 50.1 Å². The third-order valence-electron chi connectivity index (χ3n) is 14.7. The zero-order valence-electron chi connectivity index (χ0n) is 45.3. The van der Waals surface area contributed by atoms with Gasteiger partial charge in [-0.1, -0.05) is 237 Å². The van der Waals surface area contributed by atoms with Gasteiger partial charge in [0.15, 0.2) is 23.3 Å². The van der Waals surface area contributed by atoms with Gasteiger partial charge in [-0.2, -0.15) is 19.9 Å². The number of aromatic nitrogens is 6. The molecule has 0 spiro atoms. The molecular formula is C69H60BN7. The van der Waals surface area contributed by atoms with Gasteiger partial charge in [-0.15, -0.1) is 0 Å². The fraction of sp³-hybridized carbons (Fsp3) is 0.130. The molecule has 0 aliphatic carbocycles. The highest BCUT2D eigenvalue weighted by molar-refractivity contribution is 6.97. The van der Waals surface area contributed by atoms with Gasteiger partial charge in [-0.25, -0.2) is 14.9 Å². The Morgan fingerprint density at radius 1 is 0.273 bits per heavy atom. The largest absolute Gasteiger partial charge is 0.246 e. The van der Waals surface area contributed by atoms with Crippen molar-refractivity contribution in [3.63, 3.8) is 0 Å². The first-order valence-corrected chi connectivity index (χ1v) is 26.4. The summed E-state index contributed by atoms with van der Waals surface area (Å²) >= 11 is 0. The number of nitrogens with zero attached hydrogens (tertiary/aromatic N) is 7. The molecule has 2 aromatic heterocycles. The quantitative estimate of drug-likeness (QED) is 0.113. The van der Waals surface area contributed by atoms with Gasteiger partial charge in [0.2, 0.25) is 18.6 Å². The lowest BCUT2D eigenvalue weighted by molar-refractivity contribution is 0.958. The van der Waals surface area contributed by atoms with Gasteiger partial charge in [0, 0.05) is 22.3 Å². The van der Waals surface area contributed by atoms with E-state index in [0.717, 1.165) is 61.3 Å². The molecule has 0 bridgehead atoms. The molecule has 0 aliphatic heterocycles. The van der Waals surface area contributed by atoms with Crippen LogP contribution >= 0.6 is 0 Å². The molecule has 0 amide bonds. The van der Waals surface area contributed by atoms with Gasteiger partial charge in [-0.05, 0) is 114 Å². The van der Waals surface area contributed by atoms with E-state index in [1.54, 1.807) is 0 Å². The molecule has 77 heavy (non-hydrogen) atoms. The zero-order chi connectivity index (χ0) is 53.3. The Labute approximate surface area is 453 Å². The van der Waals surface area contributed by atoms with Gasteiger partial charge in [0.05, 0.1) is 5.69 Å². The second-order valence-corrected chi connectivity index (χ2v) is 20.5. The van der Waals surface area contributed by atoms with Crippen molar-refractivity contribution in [2.75, 3.05) is 4.90 Å². The van der Waals surface area contributed by atoms with Crippen molar-refractivity contribution < 1.29 is 0 Å². The van der Waals surface area contributed by atoms with Crippen LogP contribution in [0, 0.1) is 62.3 Å². The number of hydrogen-bond donors (Lipinski definition) is 0. The lowest BCUT2D eigenvalue weighted by atomic mass is 9.33. The topological polar surface area (TPSA) is 80.6 Å². The average Bonchev–Trinajstić information content (AvgIpc) is 3.52. The van der Waals surface area contributed by atoms with E-state index in [0.29, 0.717) is 35.2 Å². The maximum absolute atomic E-state index is 5.63. The Morgan fingerprint density at radius 3 is 0.922 bits per heavy atom. The summed E-state index contributed by atoms with van der Waals surface area (Å²) in [7, 11) is 0. The maximum Gasteiger partial charge on any atom is 0.243 e. The van der Waals surface area contributed by atoms with E-state index < -0.39 is 0 Å². The van der Waals surface area contributed by atoms with E-state index in [-0.39, 0.29) is 6.71 Å². The summed E-state index contributed by atoms with van der Waals surface area (Å²) in [5.41, 5.74) is 23.1. The number of aryl methyl sites for hydroxylation is 8. The van der Waals surface area contributed by atoms with Gasteiger partial charge < -0.3 is 0 Å². The molecule has 0 saturated carbocycles. The summed E-state index contributed by atoms with van der Waals surface area (Å²) in [5, 5.41) is 0. The Bertz CT molecular complexity index is 3740. The summed E-state index contributed by atoms with van der Waals surface area (Å²) < 4.78 is 0. The molecule has 0 radical (unpaired) electrons. The summed E-state index contributed by atoms with van der Waals surface area (Å²) in [6, 6.07) is 69.6. The van der Waals surface area contributed by atoms with Crippen LogP contribution in [-0.4, -0.2) is 36.6 Å². The van der Waals surface area contributed by atoms with E-state index >= 15 is 0 Å². The highest BCUT2D eigenvalue weighted by Gasteiger charge is 2.35. The Balaban J connectivity index is 1.26. The van der Waals surface area contributed by atoms with Gasteiger partial charge in [0.25, 0.3) is 0 Å². The van der Waals surface area contributed by atoms with Crippen LogP contribution in [0.5, 0.6) is 0 Å². The summed E-state index contributed by atoms with van der Waals surface area (Å²) in [6.45, 7) is 20.0. The molecule has 0 unspecified atom stereocenters. The van der Waals surface area contributed by atoms with Crippen molar-refractivity contribution in [2.24, 2.45) is 0 Å². The van der Waals surface area contributed by atoms with Crippen molar-refractivity contribution >= 4 is 40.7 Å². The van der Waals surface area contributed by atoms with Crippen molar-refractivity contribution in [3.05, 3.63) is 250 Å². The summed E-state index contributed by atoms with van der Waals surface area (Å²) in [6.07, 6.45) is 0. The Hall–Kier alpha value is -9.14. The molecule has 11 aromatic rings. The molecular weight excluding hydrogens is 938 g/mol. The minimum atomic E-state index is -0.124. The molecule has 374 valence electrons. The van der Waals surface area contributed by atoms with Gasteiger partial charge in [-0.3, -0.25) is 0 Å². The maximum atomic E-state index is 5.63. The fourth-order valence-electron chi connectivity index (χ4n) is 11.6. The third-order valence-corrected chi connectivity index (χ3v) is 14.7. The first kappa shape index (κ1) is 50.0.